The number of pyridine rings is 4. The Morgan fingerprint density at radius 3 is 1.84 bits per heavy atom. The summed E-state index contributed by atoms with van der Waals surface area (Å²) in [6.07, 6.45) is 13.6. The molecule has 17 heteroatoms. The molecule has 0 aromatic carbocycles. The zero-order valence-electron chi connectivity index (χ0n) is 28.9. The van der Waals surface area contributed by atoms with Crippen LogP contribution in [-0.4, -0.2) is 48.8 Å². The summed E-state index contributed by atoms with van der Waals surface area (Å²) in [5, 5.41) is 7.05. The number of aromatic nitrogens is 6. The first-order valence-corrected chi connectivity index (χ1v) is 23.4. The Balaban J connectivity index is 1.00. The first-order chi connectivity index (χ1) is 26.8. The first-order valence-electron chi connectivity index (χ1n) is 17.6. The highest BCUT2D eigenvalue weighted by Gasteiger charge is 2.39. The fraction of sp³-hybridized carbons (Fsp3) is 0.211. The van der Waals surface area contributed by atoms with Gasteiger partial charge in [-0.2, -0.15) is 0 Å². The molecule has 8 aromatic heterocycles. The van der Waals surface area contributed by atoms with Crippen LogP contribution < -0.4 is 17.2 Å². The second kappa shape index (κ2) is 13.9. The summed E-state index contributed by atoms with van der Waals surface area (Å²) in [7, 11) is -2.58. The third kappa shape index (κ3) is 5.99. The van der Waals surface area contributed by atoms with Crippen LogP contribution in [0.15, 0.2) is 80.5 Å². The molecule has 2 aliphatic rings. The van der Waals surface area contributed by atoms with Crippen molar-refractivity contribution in [3.05, 3.63) is 77.6 Å². The molecule has 4 unspecified atom stereocenters. The molecule has 11 nitrogen and oxygen atoms in total. The quantitative estimate of drug-likeness (QED) is 0.126. The van der Waals surface area contributed by atoms with E-state index < -0.39 is 21.6 Å². The number of nitrogens with two attached hydrogens (primary N) is 3. The van der Waals surface area contributed by atoms with Gasteiger partial charge < -0.3 is 17.2 Å². The van der Waals surface area contributed by atoms with Crippen molar-refractivity contribution in [2.24, 2.45) is 0 Å². The minimum atomic E-state index is -1.41. The van der Waals surface area contributed by atoms with Crippen molar-refractivity contribution < 1.29 is 8.42 Å². The maximum absolute atomic E-state index is 14.5. The van der Waals surface area contributed by atoms with Gasteiger partial charge in [-0.15, -0.1) is 45.3 Å². The van der Waals surface area contributed by atoms with E-state index in [1.165, 1.54) is 45.3 Å². The monoisotopic (exact) mass is 837 g/mol. The lowest BCUT2D eigenvalue weighted by molar-refractivity contribution is 0.425. The van der Waals surface area contributed by atoms with E-state index in [9.17, 15) is 8.42 Å². The van der Waals surface area contributed by atoms with E-state index >= 15 is 0 Å². The highest BCUT2D eigenvalue weighted by Crippen LogP contribution is 2.49. The Morgan fingerprint density at radius 1 is 0.673 bits per heavy atom. The molecular formula is C38H31N9O2S6. The van der Waals surface area contributed by atoms with Gasteiger partial charge in [-0.1, -0.05) is 6.42 Å². The molecule has 0 saturated heterocycles. The van der Waals surface area contributed by atoms with Crippen LogP contribution in [0.3, 0.4) is 0 Å². The summed E-state index contributed by atoms with van der Waals surface area (Å²) in [5.74, 6) is 0.438. The second-order valence-corrected chi connectivity index (χ2v) is 21.2. The molecule has 8 aromatic rings. The Hall–Kier alpha value is -4.52. The highest BCUT2D eigenvalue weighted by atomic mass is 32.2. The summed E-state index contributed by atoms with van der Waals surface area (Å²) in [6, 6.07) is 9.72. The summed E-state index contributed by atoms with van der Waals surface area (Å²) in [6.45, 7) is 0. The molecule has 4 atom stereocenters. The fourth-order valence-corrected chi connectivity index (χ4v) is 15.0. The van der Waals surface area contributed by atoms with E-state index in [0.717, 1.165) is 91.2 Å². The number of anilines is 3. The number of nitrogen functional groups attached to an aromatic ring is 3. The molecule has 0 radical (unpaired) electrons. The number of hydrogen-bond acceptors (Lipinski definition) is 15. The molecule has 2 saturated carbocycles. The minimum Gasteiger partial charge on any atom is -0.396 e. The summed E-state index contributed by atoms with van der Waals surface area (Å²) >= 11 is 5.84. The van der Waals surface area contributed by atoms with Crippen LogP contribution in [0.5, 0.6) is 0 Å². The fourth-order valence-electron chi connectivity index (χ4n) is 7.18. The van der Waals surface area contributed by atoms with Crippen LogP contribution in [0.25, 0.3) is 64.1 Å². The van der Waals surface area contributed by atoms with Crippen LogP contribution in [0.2, 0.25) is 0 Å². The topological polar surface area (TPSA) is 190 Å². The molecule has 0 amide bonds. The number of hydrogen-bond donors (Lipinski definition) is 3. The van der Waals surface area contributed by atoms with E-state index in [4.69, 9.17) is 27.2 Å². The van der Waals surface area contributed by atoms with Gasteiger partial charge in [0.25, 0.3) is 0 Å². The van der Waals surface area contributed by atoms with Crippen LogP contribution in [-0.2, 0) is 21.6 Å². The highest BCUT2D eigenvalue weighted by molar-refractivity contribution is 7.88. The van der Waals surface area contributed by atoms with Crippen molar-refractivity contribution >= 4 is 105 Å². The van der Waals surface area contributed by atoms with Gasteiger partial charge in [-0.3, -0.25) is 13.4 Å². The van der Waals surface area contributed by atoms with Crippen LogP contribution in [0.1, 0.15) is 43.6 Å². The van der Waals surface area contributed by atoms with E-state index in [1.54, 1.807) is 24.7 Å². The molecule has 276 valence electrons. The van der Waals surface area contributed by atoms with Gasteiger partial charge in [0, 0.05) is 91.2 Å². The molecular weight excluding hydrogens is 807 g/mol. The Morgan fingerprint density at radius 2 is 1.31 bits per heavy atom. The predicted octanol–water partition coefficient (Wildman–Crippen LogP) is 8.74. The molecule has 55 heavy (non-hydrogen) atoms. The van der Waals surface area contributed by atoms with Crippen molar-refractivity contribution in [1.29, 1.82) is 0 Å². The van der Waals surface area contributed by atoms with Crippen LogP contribution in [0.4, 0.5) is 17.2 Å². The summed E-state index contributed by atoms with van der Waals surface area (Å²) in [4.78, 5) is 29.6. The van der Waals surface area contributed by atoms with Gasteiger partial charge >= 0.3 is 0 Å². The average Bonchev–Trinajstić information content (AvgIpc) is 3.98. The smallest absolute Gasteiger partial charge is 0.128 e. The predicted molar refractivity (Wildman–Crippen MR) is 227 cm³/mol. The summed E-state index contributed by atoms with van der Waals surface area (Å²) < 4.78 is 29.3. The lowest BCUT2D eigenvalue weighted by Crippen LogP contribution is -2.33. The molecule has 10 rings (SSSR count). The third-order valence-electron chi connectivity index (χ3n) is 10.4. The van der Waals surface area contributed by atoms with Crippen molar-refractivity contribution in [3.8, 4) is 43.7 Å². The maximum Gasteiger partial charge on any atom is 0.128 e. The Kier molecular flexibility index (Phi) is 8.83. The summed E-state index contributed by atoms with van der Waals surface area (Å²) in [5.41, 5.74) is 26.3. The van der Waals surface area contributed by atoms with Crippen LogP contribution in [0, 0.1) is 0 Å². The van der Waals surface area contributed by atoms with Gasteiger partial charge in [0.15, 0.2) is 0 Å². The average molecular weight is 838 g/mol. The number of rotatable bonds is 9. The van der Waals surface area contributed by atoms with E-state index in [1.807, 2.05) is 41.4 Å². The number of thiazole rings is 2. The number of thiophene rings is 2. The normalized spacial score (nSPS) is 18.3. The van der Waals surface area contributed by atoms with Crippen molar-refractivity contribution in [3.63, 3.8) is 0 Å². The van der Waals surface area contributed by atoms with E-state index in [0.29, 0.717) is 36.1 Å². The molecule has 8 heterocycles. The van der Waals surface area contributed by atoms with E-state index in [2.05, 4.69) is 26.0 Å². The van der Waals surface area contributed by atoms with Gasteiger partial charge in [0.1, 0.15) is 33.9 Å². The number of nitrogens with zero attached hydrogens (tertiary/aromatic N) is 6. The SMILES string of the molecule is Nc1ccc(-c2cc(-c3nccs3)c3c(N)c(S(=O)C4CCC4c4cncc(-c5cc(-c6nccs6)c6c(N)c(S(=O)C7CCC7)sc6n5)c4)sc3n2)cn1. The van der Waals surface area contributed by atoms with Crippen LogP contribution >= 0.6 is 45.3 Å². The third-order valence-corrected chi connectivity index (χ3v) is 18.7. The molecule has 0 bridgehead atoms. The molecule has 6 N–H and O–H groups in total. The van der Waals surface area contributed by atoms with Crippen molar-refractivity contribution in [1.82, 2.24) is 29.9 Å². The van der Waals surface area contributed by atoms with Gasteiger partial charge in [0.05, 0.1) is 44.4 Å². The molecule has 0 spiro atoms. The lowest BCUT2D eigenvalue weighted by atomic mass is 9.79. The standard InChI is InChI=1S/C38H31N9O2S6/c39-28-7-4-18(17-45-28)25-13-23(33-43-8-10-50-33)30-32(41)38(53-35(30)46-25)55(49)27-6-5-22(27)19-12-20(16-42-15-19)26-14-24(34-44-9-11-51-34)29-31(40)37(52-36(29)47-26)54(48)21-2-1-3-21/h4,7-17,21-22,27H,1-3,5-6,40-41H2,(H2,39,45). The van der Waals surface area contributed by atoms with E-state index in [-0.39, 0.29) is 16.4 Å². The van der Waals surface area contributed by atoms with Gasteiger partial charge in [-0.25, -0.2) is 24.9 Å². The van der Waals surface area contributed by atoms with Gasteiger partial charge in [0.2, 0.25) is 0 Å². The molecule has 0 aliphatic heterocycles. The van der Waals surface area contributed by atoms with Crippen molar-refractivity contribution in [2.45, 2.75) is 56.9 Å². The number of fused-ring (bicyclic) bond motifs is 2. The minimum absolute atomic E-state index is 0.0109. The Labute approximate surface area is 336 Å². The maximum atomic E-state index is 14.5. The molecule has 2 aliphatic carbocycles. The zero-order valence-corrected chi connectivity index (χ0v) is 33.8. The largest absolute Gasteiger partial charge is 0.396 e. The van der Waals surface area contributed by atoms with Crippen molar-refractivity contribution in [2.75, 3.05) is 17.2 Å². The zero-order chi connectivity index (χ0) is 37.4. The second-order valence-electron chi connectivity index (χ2n) is 13.6. The van der Waals surface area contributed by atoms with Gasteiger partial charge in [-0.05, 0) is 61.6 Å². The lowest BCUT2D eigenvalue weighted by Gasteiger charge is -2.35. The first kappa shape index (κ1) is 34.9. The Bertz CT molecular complexity index is 2800. The molecule has 2 fully saturated rings.